The van der Waals surface area contributed by atoms with Gasteiger partial charge < -0.3 is 15.6 Å². The number of imidazole rings is 1. The molecular weight excluding hydrogens is 286 g/mol. The standard InChI is InChI=1S/C18H17N5/c1-23(2)15-9-5-8-14-16(15)17(19)11(10-20-14)18-21-12-6-3-4-7-13(12)22-18/h3-10H,1-2H3,(H2,19,20)(H,21,22). The molecule has 0 aliphatic rings. The maximum Gasteiger partial charge on any atom is 0.142 e. The Morgan fingerprint density at radius 1 is 1.00 bits per heavy atom. The molecule has 0 bridgehead atoms. The van der Waals surface area contributed by atoms with E-state index in [4.69, 9.17) is 5.73 Å². The van der Waals surface area contributed by atoms with Gasteiger partial charge in [-0.1, -0.05) is 18.2 Å². The van der Waals surface area contributed by atoms with Gasteiger partial charge in [-0.25, -0.2) is 4.98 Å². The van der Waals surface area contributed by atoms with Crippen LogP contribution in [0.5, 0.6) is 0 Å². The van der Waals surface area contributed by atoms with Crippen molar-refractivity contribution in [1.29, 1.82) is 0 Å². The molecule has 0 aliphatic heterocycles. The molecular formula is C18H17N5. The highest BCUT2D eigenvalue weighted by atomic mass is 15.1. The van der Waals surface area contributed by atoms with Gasteiger partial charge in [0.2, 0.25) is 0 Å². The summed E-state index contributed by atoms with van der Waals surface area (Å²) in [5.41, 5.74) is 11.8. The third-order valence-corrected chi connectivity index (χ3v) is 4.04. The summed E-state index contributed by atoms with van der Waals surface area (Å²) in [7, 11) is 4.00. The quantitative estimate of drug-likeness (QED) is 0.595. The molecule has 3 N–H and O–H groups in total. The zero-order chi connectivity index (χ0) is 16.0. The minimum atomic E-state index is 0.693. The summed E-state index contributed by atoms with van der Waals surface area (Å²) in [6.45, 7) is 0. The minimum absolute atomic E-state index is 0.693. The van der Waals surface area contributed by atoms with Crippen molar-refractivity contribution in [2.24, 2.45) is 0 Å². The number of nitrogens with two attached hydrogens (primary N) is 1. The number of rotatable bonds is 2. The van der Waals surface area contributed by atoms with Crippen LogP contribution in [0.25, 0.3) is 33.3 Å². The molecule has 0 fully saturated rings. The molecule has 0 radical (unpaired) electrons. The first-order valence-corrected chi connectivity index (χ1v) is 7.45. The van der Waals surface area contributed by atoms with E-state index in [1.165, 1.54) is 0 Å². The van der Waals surface area contributed by atoms with Crippen molar-refractivity contribution in [1.82, 2.24) is 15.0 Å². The van der Waals surface area contributed by atoms with Crippen molar-refractivity contribution in [2.45, 2.75) is 0 Å². The molecule has 23 heavy (non-hydrogen) atoms. The topological polar surface area (TPSA) is 70.8 Å². The molecule has 0 aliphatic carbocycles. The van der Waals surface area contributed by atoms with Crippen LogP contribution in [0.1, 0.15) is 0 Å². The number of hydrogen-bond donors (Lipinski definition) is 2. The maximum atomic E-state index is 6.48. The number of nitrogens with one attached hydrogen (secondary N) is 1. The minimum Gasteiger partial charge on any atom is -0.397 e. The van der Waals surface area contributed by atoms with E-state index in [2.05, 4.69) is 15.0 Å². The Labute approximate surface area is 133 Å². The number of nitrogen functional groups attached to an aromatic ring is 1. The Balaban J connectivity index is 2.00. The molecule has 2 aromatic carbocycles. The lowest BCUT2D eigenvalue weighted by Gasteiger charge is -2.17. The second kappa shape index (κ2) is 4.98. The summed E-state index contributed by atoms with van der Waals surface area (Å²) in [5, 5.41) is 0.954. The average Bonchev–Trinajstić information content (AvgIpc) is 2.98. The van der Waals surface area contributed by atoms with Crippen molar-refractivity contribution in [3.8, 4) is 11.4 Å². The molecule has 0 saturated heterocycles. The van der Waals surface area contributed by atoms with E-state index in [1.807, 2.05) is 61.5 Å². The Hall–Kier alpha value is -3.08. The van der Waals surface area contributed by atoms with Crippen LogP contribution in [0.15, 0.2) is 48.7 Å². The fraction of sp³-hybridized carbons (Fsp3) is 0.111. The van der Waals surface area contributed by atoms with E-state index in [1.54, 1.807) is 6.20 Å². The van der Waals surface area contributed by atoms with Gasteiger partial charge in [-0.2, -0.15) is 0 Å². The fourth-order valence-electron chi connectivity index (χ4n) is 2.89. The fourth-order valence-corrected chi connectivity index (χ4v) is 2.89. The molecule has 0 amide bonds. The molecule has 0 unspecified atom stereocenters. The number of pyridine rings is 1. The summed E-state index contributed by atoms with van der Waals surface area (Å²) in [6, 6.07) is 13.9. The van der Waals surface area contributed by atoms with Gasteiger partial charge in [0.15, 0.2) is 0 Å². The van der Waals surface area contributed by atoms with Gasteiger partial charge in [-0.15, -0.1) is 0 Å². The Morgan fingerprint density at radius 2 is 1.78 bits per heavy atom. The number of hydrogen-bond acceptors (Lipinski definition) is 4. The van der Waals surface area contributed by atoms with E-state index in [-0.39, 0.29) is 0 Å². The highest BCUT2D eigenvalue weighted by Gasteiger charge is 2.14. The lowest BCUT2D eigenvalue weighted by molar-refractivity contribution is 1.14. The van der Waals surface area contributed by atoms with Gasteiger partial charge in [0, 0.05) is 31.4 Å². The summed E-state index contributed by atoms with van der Waals surface area (Å²) < 4.78 is 0. The van der Waals surface area contributed by atoms with E-state index >= 15 is 0 Å². The van der Waals surface area contributed by atoms with Gasteiger partial charge in [-0.3, -0.25) is 4.98 Å². The number of benzene rings is 2. The van der Waals surface area contributed by atoms with Crippen LogP contribution in [-0.2, 0) is 0 Å². The number of fused-ring (bicyclic) bond motifs is 2. The van der Waals surface area contributed by atoms with Crippen LogP contribution in [0, 0.1) is 0 Å². The van der Waals surface area contributed by atoms with Gasteiger partial charge in [0.1, 0.15) is 5.82 Å². The van der Waals surface area contributed by atoms with E-state index in [0.717, 1.165) is 39.0 Å². The van der Waals surface area contributed by atoms with Crippen molar-refractivity contribution in [2.75, 3.05) is 24.7 Å². The number of aromatic nitrogens is 3. The molecule has 0 atom stereocenters. The third-order valence-electron chi connectivity index (χ3n) is 4.04. The monoisotopic (exact) mass is 303 g/mol. The second-order valence-corrected chi connectivity index (χ2v) is 5.75. The Bertz CT molecular complexity index is 983. The molecule has 5 nitrogen and oxygen atoms in total. The first kappa shape index (κ1) is 13.6. The highest BCUT2D eigenvalue weighted by molar-refractivity contribution is 6.05. The molecule has 2 heterocycles. The average molecular weight is 303 g/mol. The lowest BCUT2D eigenvalue weighted by atomic mass is 10.1. The number of H-pyrrole nitrogens is 1. The number of aromatic amines is 1. The number of nitrogens with zero attached hydrogens (tertiary/aromatic N) is 3. The Kier molecular flexibility index (Phi) is 2.94. The third kappa shape index (κ3) is 2.09. The van der Waals surface area contributed by atoms with E-state index < -0.39 is 0 Å². The predicted octanol–water partition coefficient (Wildman–Crippen LogP) is 3.43. The van der Waals surface area contributed by atoms with Gasteiger partial charge >= 0.3 is 0 Å². The zero-order valence-corrected chi connectivity index (χ0v) is 13.0. The normalized spacial score (nSPS) is 11.2. The Morgan fingerprint density at radius 3 is 2.57 bits per heavy atom. The smallest absolute Gasteiger partial charge is 0.142 e. The second-order valence-electron chi connectivity index (χ2n) is 5.75. The molecule has 0 saturated carbocycles. The molecule has 4 aromatic rings. The van der Waals surface area contributed by atoms with Gasteiger partial charge in [-0.05, 0) is 24.3 Å². The van der Waals surface area contributed by atoms with Crippen molar-refractivity contribution >= 4 is 33.3 Å². The highest BCUT2D eigenvalue weighted by Crippen LogP contribution is 2.35. The van der Waals surface area contributed by atoms with Crippen LogP contribution in [-0.4, -0.2) is 29.0 Å². The molecule has 5 heteroatoms. The first-order chi connectivity index (χ1) is 11.1. The van der Waals surface area contributed by atoms with Crippen molar-refractivity contribution in [3.05, 3.63) is 48.7 Å². The number of anilines is 2. The summed E-state index contributed by atoms with van der Waals surface area (Å²) in [5.74, 6) is 0.742. The van der Waals surface area contributed by atoms with Crippen molar-refractivity contribution < 1.29 is 0 Å². The number of para-hydroxylation sites is 2. The van der Waals surface area contributed by atoms with Crippen molar-refractivity contribution in [3.63, 3.8) is 0 Å². The predicted molar refractivity (Wildman–Crippen MR) is 95.6 cm³/mol. The van der Waals surface area contributed by atoms with Crippen LogP contribution < -0.4 is 10.6 Å². The summed E-state index contributed by atoms with van der Waals surface area (Å²) in [4.78, 5) is 14.6. The molecule has 0 spiro atoms. The molecule has 4 rings (SSSR count). The zero-order valence-electron chi connectivity index (χ0n) is 13.0. The van der Waals surface area contributed by atoms with Crippen LogP contribution in [0.3, 0.4) is 0 Å². The van der Waals surface area contributed by atoms with Gasteiger partial charge in [0.05, 0.1) is 27.8 Å². The SMILES string of the molecule is CN(C)c1cccc2ncc(-c3nc4ccccc4[nH]3)c(N)c12. The largest absolute Gasteiger partial charge is 0.397 e. The van der Waals surface area contributed by atoms with E-state index in [0.29, 0.717) is 5.69 Å². The van der Waals surface area contributed by atoms with Crippen LogP contribution >= 0.6 is 0 Å². The van der Waals surface area contributed by atoms with Gasteiger partial charge in [0.25, 0.3) is 0 Å². The molecule has 114 valence electrons. The first-order valence-electron chi connectivity index (χ1n) is 7.45. The summed E-state index contributed by atoms with van der Waals surface area (Å²) >= 11 is 0. The lowest BCUT2D eigenvalue weighted by Crippen LogP contribution is -2.10. The summed E-state index contributed by atoms with van der Waals surface area (Å²) in [6.07, 6.45) is 1.79. The van der Waals surface area contributed by atoms with E-state index in [9.17, 15) is 0 Å². The van der Waals surface area contributed by atoms with Crippen LogP contribution in [0.2, 0.25) is 0 Å². The molecule has 2 aromatic heterocycles. The van der Waals surface area contributed by atoms with Crippen LogP contribution in [0.4, 0.5) is 11.4 Å². The maximum absolute atomic E-state index is 6.48.